The summed E-state index contributed by atoms with van der Waals surface area (Å²) in [6, 6.07) is 17.6. The summed E-state index contributed by atoms with van der Waals surface area (Å²) in [7, 11) is 0. The second-order valence-corrected chi connectivity index (χ2v) is 8.02. The van der Waals surface area contributed by atoms with Gasteiger partial charge in [0.1, 0.15) is 0 Å². The Kier molecular flexibility index (Phi) is 5.11. The Bertz CT molecular complexity index is 1110. The van der Waals surface area contributed by atoms with Crippen molar-refractivity contribution in [1.82, 2.24) is 9.88 Å². The molecule has 0 spiro atoms. The summed E-state index contributed by atoms with van der Waals surface area (Å²) in [5.74, 6) is -0.141. The van der Waals surface area contributed by atoms with E-state index < -0.39 is 0 Å². The summed E-state index contributed by atoms with van der Waals surface area (Å²) >= 11 is 7.33. The number of amides is 1. The number of thioether (sulfide) groups is 1. The monoisotopic (exact) mass is 407 g/mol. The van der Waals surface area contributed by atoms with Crippen molar-refractivity contribution in [3.05, 3.63) is 87.5 Å². The zero-order valence-electron chi connectivity index (χ0n) is 15.4. The van der Waals surface area contributed by atoms with Crippen LogP contribution < -0.4 is 5.32 Å². The molecule has 1 N–H and O–H groups in total. The first-order valence-electron chi connectivity index (χ1n) is 8.80. The number of carbonyl (C=O) groups is 1. The van der Waals surface area contributed by atoms with E-state index in [4.69, 9.17) is 11.6 Å². The van der Waals surface area contributed by atoms with Gasteiger partial charge in [-0.3, -0.25) is 4.79 Å². The van der Waals surface area contributed by atoms with Crippen LogP contribution >= 0.6 is 23.4 Å². The second-order valence-electron chi connectivity index (χ2n) is 6.55. The first-order valence-corrected chi connectivity index (χ1v) is 9.99. The Morgan fingerprint density at radius 3 is 2.64 bits per heavy atom. The first-order chi connectivity index (χ1) is 13.5. The highest BCUT2D eigenvalue weighted by Crippen LogP contribution is 2.30. The third kappa shape index (κ3) is 3.91. The highest BCUT2D eigenvalue weighted by Gasteiger charge is 2.24. The van der Waals surface area contributed by atoms with Gasteiger partial charge in [0.15, 0.2) is 5.17 Å². The molecule has 3 aromatic rings. The van der Waals surface area contributed by atoms with Gasteiger partial charge < -0.3 is 9.88 Å². The number of halogens is 1. The number of hydrogen-bond acceptors (Lipinski definition) is 3. The number of aromatic nitrogens is 1. The molecule has 0 radical (unpaired) electrons. The lowest BCUT2D eigenvalue weighted by Crippen LogP contribution is -2.19. The number of amidine groups is 1. The van der Waals surface area contributed by atoms with Gasteiger partial charge >= 0.3 is 0 Å². The predicted molar refractivity (Wildman–Crippen MR) is 118 cm³/mol. The van der Waals surface area contributed by atoms with Gasteiger partial charge in [-0.15, -0.1) is 0 Å². The molecule has 140 valence electrons. The van der Waals surface area contributed by atoms with Crippen LogP contribution in [-0.4, -0.2) is 15.6 Å². The maximum absolute atomic E-state index is 12.4. The van der Waals surface area contributed by atoms with Crippen molar-refractivity contribution >= 4 is 46.2 Å². The second kappa shape index (κ2) is 7.70. The Hall–Kier alpha value is -2.76. The minimum Gasteiger partial charge on any atom is -0.317 e. The SMILES string of the molecule is Cc1ccc(N=C2NC(=O)/C(=C/c3cccn3-c3ccc(Cl)cc3)S2)c(C)c1. The summed E-state index contributed by atoms with van der Waals surface area (Å²) in [5, 5.41) is 4.13. The van der Waals surface area contributed by atoms with Crippen LogP contribution in [0.4, 0.5) is 5.69 Å². The van der Waals surface area contributed by atoms with E-state index in [1.807, 2.05) is 79.2 Å². The van der Waals surface area contributed by atoms with E-state index in [9.17, 15) is 4.79 Å². The highest BCUT2D eigenvalue weighted by atomic mass is 35.5. The molecule has 0 unspecified atom stereocenters. The van der Waals surface area contributed by atoms with Crippen molar-refractivity contribution in [1.29, 1.82) is 0 Å². The molecular weight excluding hydrogens is 390 g/mol. The van der Waals surface area contributed by atoms with Gasteiger partial charge in [0, 0.05) is 22.6 Å². The lowest BCUT2D eigenvalue weighted by atomic mass is 10.1. The molecule has 1 aliphatic rings. The van der Waals surface area contributed by atoms with Gasteiger partial charge in [0.05, 0.1) is 10.6 Å². The normalized spacial score (nSPS) is 16.8. The van der Waals surface area contributed by atoms with Crippen molar-refractivity contribution < 1.29 is 4.79 Å². The number of aliphatic imine (C=N–C) groups is 1. The summed E-state index contributed by atoms with van der Waals surface area (Å²) in [6.07, 6.45) is 3.83. The summed E-state index contributed by atoms with van der Waals surface area (Å²) in [6.45, 7) is 4.07. The van der Waals surface area contributed by atoms with E-state index in [0.717, 1.165) is 22.6 Å². The quantitative estimate of drug-likeness (QED) is 0.571. The number of carbonyl (C=O) groups excluding carboxylic acids is 1. The molecule has 4 rings (SSSR count). The molecule has 2 aromatic carbocycles. The number of nitrogens with zero attached hydrogens (tertiary/aromatic N) is 2. The Morgan fingerprint density at radius 2 is 1.89 bits per heavy atom. The molecule has 4 nitrogen and oxygen atoms in total. The van der Waals surface area contributed by atoms with Crippen molar-refractivity contribution in [3.63, 3.8) is 0 Å². The van der Waals surface area contributed by atoms with E-state index in [-0.39, 0.29) is 5.91 Å². The molecule has 0 aliphatic carbocycles. The molecule has 0 saturated carbocycles. The fourth-order valence-corrected chi connectivity index (χ4v) is 3.95. The van der Waals surface area contributed by atoms with Crippen molar-refractivity contribution in [3.8, 4) is 5.69 Å². The number of rotatable bonds is 3. The van der Waals surface area contributed by atoms with Crippen LogP contribution in [0.15, 0.2) is 70.7 Å². The van der Waals surface area contributed by atoms with Crippen LogP contribution in [0.3, 0.4) is 0 Å². The van der Waals surface area contributed by atoms with E-state index in [1.54, 1.807) is 0 Å². The molecular formula is C22H18ClN3OS. The molecule has 1 aliphatic heterocycles. The average molecular weight is 408 g/mol. The van der Waals surface area contributed by atoms with Crippen LogP contribution in [0, 0.1) is 13.8 Å². The van der Waals surface area contributed by atoms with E-state index in [0.29, 0.717) is 15.1 Å². The molecule has 2 heterocycles. The largest absolute Gasteiger partial charge is 0.317 e. The Morgan fingerprint density at radius 1 is 1.11 bits per heavy atom. The minimum absolute atomic E-state index is 0.141. The summed E-state index contributed by atoms with van der Waals surface area (Å²) in [5.41, 5.74) is 5.02. The smallest absolute Gasteiger partial charge is 0.264 e. The van der Waals surface area contributed by atoms with Crippen LogP contribution in [0.1, 0.15) is 16.8 Å². The van der Waals surface area contributed by atoms with E-state index in [2.05, 4.69) is 16.4 Å². The third-order valence-electron chi connectivity index (χ3n) is 4.39. The third-order valence-corrected chi connectivity index (χ3v) is 5.55. The van der Waals surface area contributed by atoms with Gasteiger partial charge in [-0.05, 0) is 79.7 Å². The number of nitrogens with one attached hydrogen (secondary N) is 1. The molecule has 1 fully saturated rings. The standard InChI is InChI=1S/C22H18ClN3OS/c1-14-5-10-19(15(2)12-14)24-22-25-21(27)20(28-22)13-18-4-3-11-26(18)17-8-6-16(23)7-9-17/h3-13H,1-2H3,(H,24,25,27)/b20-13-. The molecule has 0 bridgehead atoms. The zero-order chi connectivity index (χ0) is 19.7. The maximum atomic E-state index is 12.4. The maximum Gasteiger partial charge on any atom is 0.264 e. The van der Waals surface area contributed by atoms with Crippen molar-refractivity contribution in [2.75, 3.05) is 0 Å². The topological polar surface area (TPSA) is 46.4 Å². The Balaban J connectivity index is 1.62. The van der Waals surface area contributed by atoms with Crippen LogP contribution in [0.5, 0.6) is 0 Å². The minimum atomic E-state index is -0.141. The van der Waals surface area contributed by atoms with Gasteiger partial charge in [0.25, 0.3) is 5.91 Å². The van der Waals surface area contributed by atoms with Gasteiger partial charge in [-0.2, -0.15) is 0 Å². The van der Waals surface area contributed by atoms with Crippen LogP contribution in [0.25, 0.3) is 11.8 Å². The predicted octanol–water partition coefficient (Wildman–Crippen LogP) is 5.64. The lowest BCUT2D eigenvalue weighted by Gasteiger charge is -2.06. The lowest BCUT2D eigenvalue weighted by molar-refractivity contribution is -0.115. The van der Waals surface area contributed by atoms with Crippen molar-refractivity contribution in [2.24, 2.45) is 4.99 Å². The fraction of sp³-hybridized carbons (Fsp3) is 0.0909. The van der Waals surface area contributed by atoms with Crippen LogP contribution in [-0.2, 0) is 4.79 Å². The molecule has 28 heavy (non-hydrogen) atoms. The number of benzene rings is 2. The molecule has 0 atom stereocenters. The molecule has 1 amide bonds. The van der Waals surface area contributed by atoms with E-state index in [1.165, 1.54) is 17.3 Å². The van der Waals surface area contributed by atoms with Crippen molar-refractivity contribution in [2.45, 2.75) is 13.8 Å². The average Bonchev–Trinajstić information content (AvgIpc) is 3.25. The van der Waals surface area contributed by atoms with Gasteiger partial charge in [-0.1, -0.05) is 29.3 Å². The fourth-order valence-electron chi connectivity index (χ4n) is 3.00. The van der Waals surface area contributed by atoms with Crippen LogP contribution in [0.2, 0.25) is 5.02 Å². The first kappa shape index (κ1) is 18.6. The molecule has 1 saturated heterocycles. The summed E-state index contributed by atoms with van der Waals surface area (Å²) in [4.78, 5) is 17.6. The van der Waals surface area contributed by atoms with Gasteiger partial charge in [-0.25, -0.2) is 4.99 Å². The highest BCUT2D eigenvalue weighted by molar-refractivity contribution is 8.18. The van der Waals surface area contributed by atoms with Gasteiger partial charge in [0.2, 0.25) is 0 Å². The number of aryl methyl sites for hydroxylation is 2. The number of hydrogen-bond donors (Lipinski definition) is 1. The molecule has 6 heteroatoms. The Labute approximate surface area is 172 Å². The zero-order valence-corrected chi connectivity index (χ0v) is 17.0. The van der Waals surface area contributed by atoms with E-state index >= 15 is 0 Å². The summed E-state index contributed by atoms with van der Waals surface area (Å²) < 4.78 is 2.01. The molecule has 1 aromatic heterocycles.